The van der Waals surface area contributed by atoms with E-state index in [-0.39, 0.29) is 30.7 Å². The lowest BCUT2D eigenvalue weighted by Gasteiger charge is -2.46. The maximum absolute atomic E-state index is 11.5. The van der Waals surface area contributed by atoms with E-state index < -0.39 is 12.4 Å². The molecule has 0 spiro atoms. The second-order valence-corrected chi connectivity index (χ2v) is 7.33. The molecule has 0 aromatic carbocycles. The fraction of sp³-hybridized carbons (Fsp3) is 0.722. The highest BCUT2D eigenvalue weighted by Gasteiger charge is 2.52. The average molecular weight is 381 g/mol. The number of furan rings is 1. The van der Waals surface area contributed by atoms with Crippen LogP contribution in [-0.4, -0.2) is 89.3 Å². The second kappa shape index (κ2) is 7.86. The van der Waals surface area contributed by atoms with Gasteiger partial charge in [-0.2, -0.15) is 0 Å². The van der Waals surface area contributed by atoms with Gasteiger partial charge in [-0.15, -0.1) is 0 Å². The van der Waals surface area contributed by atoms with Crippen LogP contribution >= 0.6 is 0 Å². The molecule has 150 valence electrons. The van der Waals surface area contributed by atoms with Crippen LogP contribution in [0.2, 0.25) is 0 Å². The van der Waals surface area contributed by atoms with E-state index in [0.717, 1.165) is 0 Å². The van der Waals surface area contributed by atoms with Gasteiger partial charge < -0.3 is 34.3 Å². The highest BCUT2D eigenvalue weighted by Crippen LogP contribution is 2.32. The minimum absolute atomic E-state index is 0.0764. The molecule has 3 aliphatic heterocycles. The third-order valence-corrected chi connectivity index (χ3v) is 5.70. The Morgan fingerprint density at radius 1 is 1.26 bits per heavy atom. The zero-order valence-electron chi connectivity index (χ0n) is 15.4. The number of rotatable bonds is 5. The lowest BCUT2D eigenvalue weighted by molar-refractivity contribution is -0.187. The van der Waals surface area contributed by atoms with Crippen LogP contribution in [-0.2, 0) is 27.4 Å². The summed E-state index contributed by atoms with van der Waals surface area (Å²) in [6, 6.07) is 2.97. The van der Waals surface area contributed by atoms with Crippen molar-refractivity contribution in [2.75, 3.05) is 32.8 Å². The number of carbonyl (C=O) groups excluding carboxylic acids is 1. The molecule has 4 heterocycles. The smallest absolute Gasteiger partial charge is 0.219 e. The molecule has 4 rings (SSSR count). The van der Waals surface area contributed by atoms with Crippen molar-refractivity contribution in [3.63, 3.8) is 0 Å². The van der Waals surface area contributed by atoms with Crippen molar-refractivity contribution in [3.8, 4) is 0 Å². The Morgan fingerprint density at radius 3 is 2.67 bits per heavy atom. The summed E-state index contributed by atoms with van der Waals surface area (Å²) in [4.78, 5) is 15.5. The minimum atomic E-state index is -0.660. The number of aliphatic hydroxyl groups is 2. The van der Waals surface area contributed by atoms with E-state index in [2.05, 4.69) is 10.2 Å². The largest absolute Gasteiger partial charge is 0.462 e. The number of fused-ring (bicyclic) bond motifs is 2. The van der Waals surface area contributed by atoms with Crippen molar-refractivity contribution in [1.82, 2.24) is 15.1 Å². The van der Waals surface area contributed by atoms with E-state index in [9.17, 15) is 9.90 Å². The van der Waals surface area contributed by atoms with Crippen LogP contribution in [0.5, 0.6) is 0 Å². The number of nitrogens with zero attached hydrogens (tertiary/aromatic N) is 2. The molecule has 1 aromatic heterocycles. The first-order chi connectivity index (χ1) is 13.1. The molecule has 2 bridgehead atoms. The molecule has 5 atom stereocenters. The topological polar surface area (TPSA) is 108 Å². The molecule has 0 unspecified atom stereocenters. The van der Waals surface area contributed by atoms with Crippen LogP contribution in [0.15, 0.2) is 16.5 Å². The maximum Gasteiger partial charge on any atom is 0.219 e. The maximum atomic E-state index is 11.5. The number of carbonyl (C=O) groups is 1. The van der Waals surface area contributed by atoms with Crippen LogP contribution in [0, 0.1) is 0 Å². The summed E-state index contributed by atoms with van der Waals surface area (Å²) in [7, 11) is 0. The summed E-state index contributed by atoms with van der Waals surface area (Å²) in [6.07, 6.45) is -1.32. The second-order valence-electron chi connectivity index (χ2n) is 7.33. The Hall–Kier alpha value is -1.49. The highest BCUT2D eigenvalue weighted by molar-refractivity contribution is 5.73. The quantitative estimate of drug-likeness (QED) is 0.589. The van der Waals surface area contributed by atoms with Crippen molar-refractivity contribution >= 4 is 5.91 Å². The van der Waals surface area contributed by atoms with Crippen LogP contribution in [0.1, 0.15) is 18.4 Å². The molecule has 9 nitrogen and oxygen atoms in total. The summed E-state index contributed by atoms with van der Waals surface area (Å²) in [5, 5.41) is 23.5. The lowest BCUT2D eigenvalue weighted by Crippen LogP contribution is -2.66. The van der Waals surface area contributed by atoms with E-state index >= 15 is 0 Å². The molecule has 0 saturated carbocycles. The zero-order valence-corrected chi connectivity index (χ0v) is 15.4. The molecule has 9 heteroatoms. The SMILES string of the molecule is CC(=O)N1CCN([C@@H]2[C@@H]3OC[C@H](O3)[C@@H](NCc3ccc(CO)o3)[C@@H]2O)CC1. The van der Waals surface area contributed by atoms with E-state index in [4.69, 9.17) is 19.0 Å². The fourth-order valence-electron chi connectivity index (χ4n) is 4.20. The molecular formula is C18H27N3O6. The third-order valence-electron chi connectivity index (χ3n) is 5.70. The van der Waals surface area contributed by atoms with Gasteiger partial charge in [-0.25, -0.2) is 0 Å². The van der Waals surface area contributed by atoms with E-state index in [1.54, 1.807) is 19.1 Å². The summed E-state index contributed by atoms with van der Waals surface area (Å²) < 4.78 is 17.3. The summed E-state index contributed by atoms with van der Waals surface area (Å²) in [6.45, 7) is 4.95. The molecule has 3 fully saturated rings. The van der Waals surface area contributed by atoms with Gasteiger partial charge in [0.15, 0.2) is 6.29 Å². The molecule has 0 radical (unpaired) electrons. The third kappa shape index (κ3) is 3.75. The monoisotopic (exact) mass is 381 g/mol. The Morgan fingerprint density at radius 2 is 2.00 bits per heavy atom. The first-order valence-electron chi connectivity index (χ1n) is 9.43. The number of amides is 1. The van der Waals surface area contributed by atoms with Crippen molar-refractivity contribution in [2.45, 2.75) is 50.7 Å². The Balaban J connectivity index is 1.40. The van der Waals surface area contributed by atoms with Gasteiger partial charge in [0.25, 0.3) is 0 Å². The van der Waals surface area contributed by atoms with Crippen LogP contribution in [0.4, 0.5) is 0 Å². The minimum Gasteiger partial charge on any atom is -0.462 e. The van der Waals surface area contributed by atoms with Gasteiger partial charge in [-0.3, -0.25) is 9.69 Å². The van der Waals surface area contributed by atoms with Gasteiger partial charge >= 0.3 is 0 Å². The Kier molecular flexibility index (Phi) is 5.49. The number of nitrogens with one attached hydrogen (secondary N) is 1. The summed E-state index contributed by atoms with van der Waals surface area (Å²) in [5.74, 6) is 1.28. The van der Waals surface area contributed by atoms with E-state index in [1.165, 1.54) is 0 Å². The first-order valence-corrected chi connectivity index (χ1v) is 9.43. The summed E-state index contributed by atoms with van der Waals surface area (Å²) >= 11 is 0. The van der Waals surface area contributed by atoms with Gasteiger partial charge in [0.05, 0.1) is 31.3 Å². The van der Waals surface area contributed by atoms with Gasteiger partial charge in [0.2, 0.25) is 5.91 Å². The number of hydrogen-bond donors (Lipinski definition) is 3. The standard InChI is InChI=1S/C18H27N3O6/c1-11(23)20-4-6-21(7-5-20)16-17(24)15(14-10-25-18(16)27-14)19-8-12-2-3-13(9-22)26-12/h2-3,14-19,22,24H,4-10H2,1H3/t14-,15+,16-,17-,18+/m0/s1. The van der Waals surface area contributed by atoms with Crippen LogP contribution < -0.4 is 5.32 Å². The van der Waals surface area contributed by atoms with E-state index in [1.807, 2.05) is 4.90 Å². The first kappa shape index (κ1) is 18.9. The fourth-order valence-corrected chi connectivity index (χ4v) is 4.20. The molecule has 1 aromatic rings. The molecular weight excluding hydrogens is 354 g/mol. The normalized spacial score (nSPS) is 34.2. The number of hydrogen-bond acceptors (Lipinski definition) is 8. The lowest BCUT2D eigenvalue weighted by atomic mass is 9.94. The molecule has 3 N–H and O–H groups in total. The number of aliphatic hydroxyl groups excluding tert-OH is 2. The van der Waals surface area contributed by atoms with Gasteiger partial charge in [-0.1, -0.05) is 0 Å². The van der Waals surface area contributed by atoms with Gasteiger partial charge in [-0.05, 0) is 12.1 Å². The van der Waals surface area contributed by atoms with Gasteiger partial charge in [0.1, 0.15) is 24.2 Å². The molecule has 3 saturated heterocycles. The van der Waals surface area contributed by atoms with Crippen molar-refractivity contribution < 1.29 is 28.9 Å². The molecule has 1 amide bonds. The van der Waals surface area contributed by atoms with Crippen molar-refractivity contribution in [3.05, 3.63) is 23.7 Å². The highest BCUT2D eigenvalue weighted by atomic mass is 16.7. The molecule has 3 aliphatic rings. The zero-order chi connectivity index (χ0) is 19.0. The van der Waals surface area contributed by atoms with Crippen LogP contribution in [0.3, 0.4) is 0 Å². The predicted octanol–water partition coefficient (Wildman–Crippen LogP) is -1.12. The van der Waals surface area contributed by atoms with E-state index in [0.29, 0.717) is 50.9 Å². The Bertz CT molecular complexity index is 659. The predicted molar refractivity (Wildman–Crippen MR) is 93.5 cm³/mol. The molecule has 27 heavy (non-hydrogen) atoms. The number of piperazine rings is 1. The van der Waals surface area contributed by atoms with Crippen LogP contribution in [0.25, 0.3) is 0 Å². The Labute approximate surface area is 157 Å². The summed E-state index contributed by atoms with van der Waals surface area (Å²) in [5.41, 5.74) is 0. The average Bonchev–Trinajstić information content (AvgIpc) is 3.30. The number of ether oxygens (including phenoxy) is 2. The molecule has 0 aliphatic carbocycles. The van der Waals surface area contributed by atoms with Gasteiger partial charge in [0, 0.05) is 33.1 Å². The van der Waals surface area contributed by atoms with Crippen molar-refractivity contribution in [2.24, 2.45) is 0 Å². The van der Waals surface area contributed by atoms with Crippen molar-refractivity contribution in [1.29, 1.82) is 0 Å².